The topological polar surface area (TPSA) is 141 Å². The van der Waals surface area contributed by atoms with Crippen molar-refractivity contribution in [3.05, 3.63) is 70.4 Å². The molecule has 1 aromatic carbocycles. The minimum Gasteiger partial charge on any atom is -0.459 e. The Labute approximate surface area is 159 Å². The average Bonchev–Trinajstić information content (AvgIpc) is 3.40. The van der Waals surface area contributed by atoms with Gasteiger partial charge < -0.3 is 14.2 Å². The van der Waals surface area contributed by atoms with E-state index in [-0.39, 0.29) is 11.5 Å². The molecule has 140 valence electrons. The predicted octanol–water partition coefficient (Wildman–Crippen LogP) is 3.90. The summed E-state index contributed by atoms with van der Waals surface area (Å²) in [5.74, 6) is -1.57. The summed E-state index contributed by atoms with van der Waals surface area (Å²) in [6.45, 7) is 0. The van der Waals surface area contributed by atoms with Crippen molar-refractivity contribution in [2.24, 2.45) is 0 Å². The van der Waals surface area contributed by atoms with E-state index >= 15 is 0 Å². The van der Waals surface area contributed by atoms with Crippen molar-refractivity contribution in [2.45, 2.75) is 0 Å². The molecule has 0 aliphatic rings. The Morgan fingerprint density at radius 3 is 2.61 bits per heavy atom. The number of carbonyl (C=O) groups excluding carboxylic acids is 2. The minimum absolute atomic E-state index is 0.166. The highest BCUT2D eigenvalue weighted by Crippen LogP contribution is 2.29. The van der Waals surface area contributed by atoms with Crippen molar-refractivity contribution in [1.29, 1.82) is 0 Å². The highest BCUT2D eigenvalue weighted by Gasteiger charge is 2.18. The molecule has 2 amide bonds. The van der Waals surface area contributed by atoms with Crippen LogP contribution in [0.4, 0.5) is 16.7 Å². The molecule has 2 N–H and O–H groups in total. The van der Waals surface area contributed by atoms with Gasteiger partial charge in [-0.2, -0.15) is 0 Å². The van der Waals surface area contributed by atoms with Gasteiger partial charge in [-0.05, 0) is 36.4 Å². The van der Waals surface area contributed by atoms with Crippen molar-refractivity contribution < 1.29 is 23.3 Å². The third-order valence-electron chi connectivity index (χ3n) is 3.61. The van der Waals surface area contributed by atoms with Crippen molar-refractivity contribution in [3.63, 3.8) is 0 Å². The molecular formula is C17H10N4O6S. The molecule has 0 aliphatic carbocycles. The molecule has 0 saturated carbocycles. The summed E-state index contributed by atoms with van der Waals surface area (Å²) < 4.78 is 10.6. The number of aromatic nitrogens is 1. The maximum atomic E-state index is 12.2. The molecule has 0 atom stereocenters. The van der Waals surface area contributed by atoms with Crippen LogP contribution in [0.15, 0.2) is 57.6 Å². The summed E-state index contributed by atoms with van der Waals surface area (Å²) in [5, 5.41) is 16.2. The third kappa shape index (κ3) is 3.46. The van der Waals surface area contributed by atoms with Crippen molar-refractivity contribution in [3.8, 4) is 0 Å². The number of carbonyl (C=O) groups is 2. The zero-order valence-corrected chi connectivity index (χ0v) is 14.7. The van der Waals surface area contributed by atoms with Gasteiger partial charge in [0.2, 0.25) is 0 Å². The molecule has 4 aromatic rings. The molecule has 0 unspecified atom stereocenters. The van der Waals surface area contributed by atoms with Gasteiger partial charge in [0.05, 0.1) is 22.5 Å². The Bertz CT molecular complexity index is 1190. The van der Waals surface area contributed by atoms with E-state index in [1.165, 1.54) is 29.7 Å². The first-order chi connectivity index (χ1) is 13.5. The Hall–Kier alpha value is -3.99. The Balaban J connectivity index is 1.50. The SMILES string of the molecule is O=C(Nc1nc2ccc(NC(=O)c3ccc([N+](=O)[O-])o3)cc2s1)c1ccco1. The molecular weight excluding hydrogens is 388 g/mol. The van der Waals surface area contributed by atoms with Crippen LogP contribution in [0, 0.1) is 10.1 Å². The van der Waals surface area contributed by atoms with E-state index in [0.29, 0.717) is 16.3 Å². The molecule has 0 fully saturated rings. The molecule has 10 nitrogen and oxygen atoms in total. The predicted molar refractivity (Wildman–Crippen MR) is 99.6 cm³/mol. The van der Waals surface area contributed by atoms with E-state index in [4.69, 9.17) is 8.83 Å². The number of nitro groups is 1. The fourth-order valence-corrected chi connectivity index (χ4v) is 3.26. The third-order valence-corrected chi connectivity index (χ3v) is 4.54. The number of thiazole rings is 1. The number of rotatable bonds is 5. The van der Waals surface area contributed by atoms with Gasteiger partial charge >= 0.3 is 5.88 Å². The number of amides is 2. The van der Waals surface area contributed by atoms with Gasteiger partial charge in [-0.1, -0.05) is 11.3 Å². The lowest BCUT2D eigenvalue weighted by Crippen LogP contribution is -2.10. The largest absolute Gasteiger partial charge is 0.459 e. The number of furan rings is 2. The monoisotopic (exact) mass is 398 g/mol. The van der Waals surface area contributed by atoms with E-state index in [9.17, 15) is 19.7 Å². The molecule has 0 bridgehead atoms. The van der Waals surface area contributed by atoms with E-state index in [0.717, 1.165) is 10.8 Å². The van der Waals surface area contributed by atoms with E-state index in [1.54, 1.807) is 24.3 Å². The van der Waals surface area contributed by atoms with E-state index < -0.39 is 22.6 Å². The van der Waals surface area contributed by atoms with Crippen LogP contribution in [0.2, 0.25) is 0 Å². The number of nitrogens with zero attached hydrogens (tertiary/aromatic N) is 2. The number of benzene rings is 1. The maximum Gasteiger partial charge on any atom is 0.433 e. The van der Waals surface area contributed by atoms with E-state index in [2.05, 4.69) is 15.6 Å². The summed E-state index contributed by atoms with van der Waals surface area (Å²) in [7, 11) is 0. The van der Waals surface area contributed by atoms with Crippen LogP contribution in [-0.4, -0.2) is 21.7 Å². The van der Waals surface area contributed by atoms with Crippen LogP contribution >= 0.6 is 11.3 Å². The van der Waals surface area contributed by atoms with Gasteiger partial charge in [0.25, 0.3) is 11.8 Å². The maximum absolute atomic E-state index is 12.2. The molecule has 0 aliphatic heterocycles. The Kier molecular flexibility index (Phi) is 4.33. The lowest BCUT2D eigenvalue weighted by atomic mass is 10.3. The highest BCUT2D eigenvalue weighted by atomic mass is 32.1. The normalized spacial score (nSPS) is 10.7. The summed E-state index contributed by atoms with van der Waals surface area (Å²) in [5.41, 5.74) is 1.08. The van der Waals surface area contributed by atoms with Gasteiger partial charge in [0.1, 0.15) is 4.92 Å². The minimum atomic E-state index is -0.724. The van der Waals surface area contributed by atoms with Crippen LogP contribution in [0.5, 0.6) is 0 Å². The Morgan fingerprint density at radius 1 is 1.07 bits per heavy atom. The fraction of sp³-hybridized carbons (Fsp3) is 0. The number of fused-ring (bicyclic) bond motifs is 1. The average molecular weight is 398 g/mol. The van der Waals surface area contributed by atoms with Gasteiger partial charge in [-0.3, -0.25) is 25.0 Å². The zero-order chi connectivity index (χ0) is 19.7. The number of hydrogen-bond acceptors (Lipinski definition) is 8. The zero-order valence-electron chi connectivity index (χ0n) is 13.9. The summed E-state index contributed by atoms with van der Waals surface area (Å²) in [6.07, 6.45) is 1.40. The molecule has 0 radical (unpaired) electrons. The van der Waals surface area contributed by atoms with Gasteiger partial charge in [0, 0.05) is 5.69 Å². The first-order valence-corrected chi connectivity index (χ1v) is 8.62. The van der Waals surface area contributed by atoms with E-state index in [1.807, 2.05) is 0 Å². The van der Waals surface area contributed by atoms with Crippen molar-refractivity contribution >= 4 is 50.1 Å². The molecule has 28 heavy (non-hydrogen) atoms. The molecule has 0 saturated heterocycles. The first kappa shape index (κ1) is 17.4. The first-order valence-electron chi connectivity index (χ1n) is 7.80. The molecule has 4 rings (SSSR count). The smallest absolute Gasteiger partial charge is 0.433 e. The molecule has 3 heterocycles. The summed E-state index contributed by atoms with van der Waals surface area (Å²) in [6, 6.07) is 10.4. The van der Waals surface area contributed by atoms with Gasteiger partial charge in [-0.25, -0.2) is 4.98 Å². The quantitative estimate of drug-likeness (QED) is 0.384. The lowest BCUT2D eigenvalue weighted by Gasteiger charge is -2.02. The summed E-state index contributed by atoms with van der Waals surface area (Å²) in [4.78, 5) is 38.4. The molecule has 11 heteroatoms. The van der Waals surface area contributed by atoms with Crippen LogP contribution < -0.4 is 10.6 Å². The van der Waals surface area contributed by atoms with Crippen molar-refractivity contribution in [2.75, 3.05) is 10.6 Å². The molecule has 3 aromatic heterocycles. The Morgan fingerprint density at radius 2 is 1.89 bits per heavy atom. The van der Waals surface area contributed by atoms with Gasteiger partial charge in [-0.15, -0.1) is 0 Å². The van der Waals surface area contributed by atoms with Gasteiger partial charge in [0.15, 0.2) is 16.7 Å². The molecule has 0 spiro atoms. The highest BCUT2D eigenvalue weighted by molar-refractivity contribution is 7.22. The fourth-order valence-electron chi connectivity index (χ4n) is 2.36. The van der Waals surface area contributed by atoms with Crippen LogP contribution in [0.1, 0.15) is 21.1 Å². The summed E-state index contributed by atoms with van der Waals surface area (Å²) >= 11 is 1.22. The lowest BCUT2D eigenvalue weighted by molar-refractivity contribution is -0.402. The number of nitrogens with one attached hydrogen (secondary N) is 2. The number of anilines is 2. The van der Waals surface area contributed by atoms with Crippen LogP contribution in [-0.2, 0) is 0 Å². The number of hydrogen-bond donors (Lipinski definition) is 2. The second kappa shape index (κ2) is 6.96. The second-order valence-corrected chi connectivity index (χ2v) is 6.51. The van der Waals surface area contributed by atoms with Crippen LogP contribution in [0.25, 0.3) is 10.2 Å². The van der Waals surface area contributed by atoms with Crippen molar-refractivity contribution in [1.82, 2.24) is 4.98 Å². The van der Waals surface area contributed by atoms with Crippen LogP contribution in [0.3, 0.4) is 0 Å². The second-order valence-electron chi connectivity index (χ2n) is 5.48. The standard InChI is InChI=1S/C17H10N4O6S/c22-15(11-2-1-7-26-11)20-17-19-10-4-3-9(8-13(10)28-17)18-16(23)12-5-6-14(27-12)21(24)25/h1-8H,(H,18,23)(H,19,20,22).